The van der Waals surface area contributed by atoms with Crippen LogP contribution in [0.2, 0.25) is 0 Å². The molecule has 0 atom stereocenters. The molecular weight excluding hydrogens is 207 g/mol. The van der Waals surface area contributed by atoms with Crippen LogP contribution >= 0.6 is 0 Å². The Morgan fingerprint density at radius 2 is 1.75 bits per heavy atom. The highest BCUT2D eigenvalue weighted by molar-refractivity contribution is 5.39. The van der Waals surface area contributed by atoms with Gasteiger partial charge in [0, 0.05) is 0 Å². The smallest absolute Gasteiger partial charge is 0.197 e. The van der Waals surface area contributed by atoms with Crippen molar-refractivity contribution in [3.63, 3.8) is 0 Å². The van der Waals surface area contributed by atoms with Crippen LogP contribution in [0, 0.1) is 5.82 Å². The largest absolute Gasteiger partial charge is 0.504 e. The van der Waals surface area contributed by atoms with Crippen molar-refractivity contribution in [1.82, 2.24) is 0 Å². The van der Waals surface area contributed by atoms with Crippen LogP contribution in [0.1, 0.15) is 5.56 Å². The monoisotopic (exact) mass is 218 g/mol. The average molecular weight is 218 g/mol. The molecule has 2 rings (SSSR count). The van der Waals surface area contributed by atoms with E-state index in [1.165, 1.54) is 18.2 Å². The maximum absolute atomic E-state index is 13.3. The number of aromatic hydroxyl groups is 1. The Balaban J connectivity index is 2.11. The van der Waals surface area contributed by atoms with E-state index in [4.69, 9.17) is 4.74 Å². The van der Waals surface area contributed by atoms with Crippen LogP contribution in [0.4, 0.5) is 4.39 Å². The van der Waals surface area contributed by atoms with E-state index in [0.29, 0.717) is 0 Å². The van der Waals surface area contributed by atoms with E-state index in [9.17, 15) is 9.50 Å². The number of phenolic OH excluding ortho intramolecular Hbond substituents is 1. The zero-order chi connectivity index (χ0) is 11.4. The molecule has 0 aliphatic carbocycles. The van der Waals surface area contributed by atoms with Crippen molar-refractivity contribution in [2.75, 3.05) is 0 Å². The summed E-state index contributed by atoms with van der Waals surface area (Å²) in [5.74, 6) is -0.849. The van der Waals surface area contributed by atoms with Crippen molar-refractivity contribution in [3.8, 4) is 11.5 Å². The summed E-state index contributed by atoms with van der Waals surface area (Å²) >= 11 is 0. The third kappa shape index (κ3) is 2.31. The van der Waals surface area contributed by atoms with Gasteiger partial charge in [-0.25, -0.2) is 4.39 Å². The zero-order valence-electron chi connectivity index (χ0n) is 8.56. The van der Waals surface area contributed by atoms with Crippen molar-refractivity contribution in [2.24, 2.45) is 0 Å². The molecule has 2 aromatic carbocycles. The van der Waals surface area contributed by atoms with Gasteiger partial charge in [0.2, 0.25) is 0 Å². The van der Waals surface area contributed by atoms with E-state index in [2.05, 4.69) is 0 Å². The van der Waals surface area contributed by atoms with Crippen LogP contribution in [0.25, 0.3) is 0 Å². The van der Waals surface area contributed by atoms with Crippen LogP contribution in [0.15, 0.2) is 48.5 Å². The van der Waals surface area contributed by atoms with Gasteiger partial charge in [-0.15, -0.1) is 0 Å². The van der Waals surface area contributed by atoms with Gasteiger partial charge in [0.05, 0.1) is 0 Å². The Hall–Kier alpha value is -2.03. The SMILES string of the molecule is Oc1cccc(F)c1OCc1ccccc1. The number of phenols is 1. The molecule has 0 saturated carbocycles. The molecule has 1 N–H and O–H groups in total. The van der Waals surface area contributed by atoms with Gasteiger partial charge < -0.3 is 9.84 Å². The number of ether oxygens (including phenoxy) is 1. The molecule has 0 amide bonds. The standard InChI is InChI=1S/C13H11FO2/c14-11-7-4-8-12(15)13(11)16-9-10-5-2-1-3-6-10/h1-8,15H,9H2. The summed E-state index contributed by atoms with van der Waals surface area (Å²) in [6.45, 7) is 0.231. The maximum atomic E-state index is 13.3. The number of rotatable bonds is 3. The van der Waals surface area contributed by atoms with Gasteiger partial charge in [0.1, 0.15) is 6.61 Å². The van der Waals surface area contributed by atoms with Crippen LogP contribution in [0.5, 0.6) is 11.5 Å². The Kier molecular flexibility index (Phi) is 3.05. The molecule has 0 aromatic heterocycles. The fourth-order valence-electron chi connectivity index (χ4n) is 1.37. The molecular formula is C13H11FO2. The summed E-state index contributed by atoms with van der Waals surface area (Å²) in [5, 5.41) is 9.40. The lowest BCUT2D eigenvalue weighted by molar-refractivity contribution is 0.273. The predicted molar refractivity (Wildman–Crippen MR) is 58.8 cm³/mol. The molecule has 16 heavy (non-hydrogen) atoms. The Morgan fingerprint density at radius 1 is 1.00 bits per heavy atom. The minimum absolute atomic E-state index is 0.105. The van der Waals surface area contributed by atoms with Crippen molar-refractivity contribution in [3.05, 3.63) is 59.9 Å². The molecule has 0 aliphatic heterocycles. The minimum Gasteiger partial charge on any atom is -0.504 e. The molecule has 3 heteroatoms. The second kappa shape index (κ2) is 4.66. The summed E-state index contributed by atoms with van der Waals surface area (Å²) < 4.78 is 18.5. The van der Waals surface area contributed by atoms with Crippen LogP contribution < -0.4 is 4.74 Å². The predicted octanol–water partition coefficient (Wildman–Crippen LogP) is 3.11. The highest BCUT2D eigenvalue weighted by atomic mass is 19.1. The highest BCUT2D eigenvalue weighted by Crippen LogP contribution is 2.29. The van der Waals surface area contributed by atoms with E-state index in [-0.39, 0.29) is 18.1 Å². The maximum Gasteiger partial charge on any atom is 0.197 e. The van der Waals surface area contributed by atoms with Crippen molar-refractivity contribution < 1.29 is 14.2 Å². The lowest BCUT2D eigenvalue weighted by Crippen LogP contribution is -1.97. The van der Waals surface area contributed by atoms with Gasteiger partial charge in [-0.1, -0.05) is 36.4 Å². The molecule has 0 bridgehead atoms. The summed E-state index contributed by atoms with van der Waals surface area (Å²) in [5.41, 5.74) is 0.921. The first-order valence-electron chi connectivity index (χ1n) is 4.91. The lowest BCUT2D eigenvalue weighted by Gasteiger charge is -2.08. The number of para-hydroxylation sites is 1. The lowest BCUT2D eigenvalue weighted by atomic mass is 10.2. The molecule has 0 unspecified atom stereocenters. The number of halogens is 1. The normalized spacial score (nSPS) is 10.1. The Morgan fingerprint density at radius 3 is 2.44 bits per heavy atom. The third-order valence-corrected chi connectivity index (χ3v) is 2.17. The van der Waals surface area contributed by atoms with Crippen LogP contribution in [-0.2, 0) is 6.61 Å². The van der Waals surface area contributed by atoms with E-state index >= 15 is 0 Å². The topological polar surface area (TPSA) is 29.5 Å². The molecule has 2 aromatic rings. The molecule has 82 valence electrons. The van der Waals surface area contributed by atoms with Crippen molar-refractivity contribution in [2.45, 2.75) is 6.61 Å². The first-order chi connectivity index (χ1) is 7.77. The second-order valence-corrected chi connectivity index (χ2v) is 3.36. The van der Waals surface area contributed by atoms with Gasteiger partial charge in [0.15, 0.2) is 17.3 Å². The number of hydrogen-bond acceptors (Lipinski definition) is 2. The molecule has 0 saturated heterocycles. The first-order valence-corrected chi connectivity index (χ1v) is 4.91. The summed E-state index contributed by atoms with van der Waals surface area (Å²) in [6.07, 6.45) is 0. The summed E-state index contributed by atoms with van der Waals surface area (Å²) in [7, 11) is 0. The second-order valence-electron chi connectivity index (χ2n) is 3.36. The van der Waals surface area contributed by atoms with Crippen LogP contribution in [0.3, 0.4) is 0 Å². The minimum atomic E-state index is -0.559. The average Bonchev–Trinajstić information content (AvgIpc) is 2.30. The Labute approximate surface area is 92.9 Å². The van der Waals surface area contributed by atoms with Gasteiger partial charge in [0.25, 0.3) is 0 Å². The summed E-state index contributed by atoms with van der Waals surface area (Å²) in [4.78, 5) is 0. The zero-order valence-corrected chi connectivity index (χ0v) is 8.56. The fraction of sp³-hybridized carbons (Fsp3) is 0.0769. The van der Waals surface area contributed by atoms with Crippen molar-refractivity contribution in [1.29, 1.82) is 0 Å². The fourth-order valence-corrected chi connectivity index (χ4v) is 1.37. The number of benzene rings is 2. The van der Waals surface area contributed by atoms with E-state index in [1.54, 1.807) is 0 Å². The first kappa shape index (κ1) is 10.5. The Bertz CT molecular complexity index is 448. The van der Waals surface area contributed by atoms with E-state index in [1.807, 2.05) is 30.3 Å². The van der Waals surface area contributed by atoms with Gasteiger partial charge in [-0.05, 0) is 17.7 Å². The van der Waals surface area contributed by atoms with E-state index < -0.39 is 5.82 Å². The van der Waals surface area contributed by atoms with Gasteiger partial charge in [-0.2, -0.15) is 0 Å². The molecule has 0 heterocycles. The molecule has 0 aliphatic rings. The van der Waals surface area contributed by atoms with Crippen molar-refractivity contribution >= 4 is 0 Å². The van der Waals surface area contributed by atoms with E-state index in [0.717, 1.165) is 5.56 Å². The van der Waals surface area contributed by atoms with Gasteiger partial charge >= 0.3 is 0 Å². The number of hydrogen-bond donors (Lipinski definition) is 1. The third-order valence-electron chi connectivity index (χ3n) is 2.17. The molecule has 0 spiro atoms. The van der Waals surface area contributed by atoms with Gasteiger partial charge in [-0.3, -0.25) is 0 Å². The summed E-state index contributed by atoms with van der Waals surface area (Å²) in [6, 6.07) is 13.5. The van der Waals surface area contributed by atoms with Crippen LogP contribution in [-0.4, -0.2) is 5.11 Å². The molecule has 0 fully saturated rings. The molecule has 0 radical (unpaired) electrons. The molecule has 2 nitrogen and oxygen atoms in total. The quantitative estimate of drug-likeness (QED) is 0.857. The highest BCUT2D eigenvalue weighted by Gasteiger charge is 2.08.